The fourth-order valence-corrected chi connectivity index (χ4v) is 4.11. The summed E-state index contributed by atoms with van der Waals surface area (Å²) in [6.07, 6.45) is 0. The van der Waals surface area contributed by atoms with Crippen LogP contribution in [-0.2, 0) is 6.61 Å². The molecule has 0 aromatic heterocycles. The van der Waals surface area contributed by atoms with Gasteiger partial charge in [0.15, 0.2) is 0 Å². The molecule has 5 rings (SSSR count). The maximum atomic E-state index is 6.30. The number of aryl methyl sites for hydroxylation is 1. The lowest BCUT2D eigenvalue weighted by atomic mass is 9.89. The van der Waals surface area contributed by atoms with Crippen molar-refractivity contribution in [1.29, 1.82) is 0 Å². The molecule has 0 amide bonds. The zero-order chi connectivity index (χ0) is 17.8. The Balaban J connectivity index is 1.75. The van der Waals surface area contributed by atoms with E-state index in [4.69, 9.17) is 4.74 Å². The van der Waals surface area contributed by atoms with E-state index in [1.807, 2.05) is 0 Å². The fourth-order valence-electron chi connectivity index (χ4n) is 4.11. The van der Waals surface area contributed by atoms with Crippen LogP contribution in [0.3, 0.4) is 0 Å². The van der Waals surface area contributed by atoms with E-state index in [9.17, 15) is 0 Å². The van der Waals surface area contributed by atoms with E-state index in [1.54, 1.807) is 0 Å². The third-order valence-electron chi connectivity index (χ3n) is 5.60. The van der Waals surface area contributed by atoms with Gasteiger partial charge in [-0.25, -0.2) is 0 Å². The van der Waals surface area contributed by atoms with Crippen LogP contribution >= 0.6 is 0 Å². The lowest BCUT2D eigenvalue weighted by molar-refractivity contribution is 0.308. The Labute approximate surface area is 154 Å². The van der Waals surface area contributed by atoms with Crippen molar-refractivity contribution in [2.75, 3.05) is 0 Å². The van der Waals surface area contributed by atoms with Gasteiger partial charge in [-0.05, 0) is 40.1 Å². The third kappa shape index (κ3) is 2.24. The lowest BCUT2D eigenvalue weighted by Crippen LogP contribution is -2.07. The largest absolute Gasteiger partial charge is 0.488 e. The molecule has 1 heterocycles. The summed E-state index contributed by atoms with van der Waals surface area (Å²) in [4.78, 5) is 0. The molecule has 0 fully saturated rings. The molecule has 0 aliphatic carbocycles. The average molecular weight is 338 g/mol. The Morgan fingerprint density at radius 2 is 1.50 bits per heavy atom. The Morgan fingerprint density at radius 3 is 2.31 bits per heavy atom. The molecular weight excluding hydrogens is 316 g/mol. The van der Waals surface area contributed by atoms with Crippen LogP contribution in [0, 0.1) is 6.92 Å². The van der Waals surface area contributed by atoms with Crippen LogP contribution in [0.2, 0.25) is 0 Å². The van der Waals surface area contributed by atoms with Crippen molar-refractivity contribution >= 4 is 21.5 Å². The van der Waals surface area contributed by atoms with E-state index in [0.717, 1.165) is 5.75 Å². The number of benzene rings is 4. The topological polar surface area (TPSA) is 9.23 Å². The predicted molar refractivity (Wildman–Crippen MR) is 110 cm³/mol. The Bertz CT molecular complexity index is 1170. The third-order valence-corrected chi connectivity index (χ3v) is 5.60. The molecule has 26 heavy (non-hydrogen) atoms. The number of rotatable bonds is 1. The second-order valence-corrected chi connectivity index (χ2v) is 7.68. The van der Waals surface area contributed by atoms with Gasteiger partial charge in [-0.2, -0.15) is 0 Å². The van der Waals surface area contributed by atoms with Crippen molar-refractivity contribution in [2.45, 2.75) is 33.3 Å². The minimum absolute atomic E-state index is 0.534. The normalized spacial score (nSPS) is 12.9. The quantitative estimate of drug-likeness (QED) is 0.363. The van der Waals surface area contributed by atoms with E-state index in [-0.39, 0.29) is 0 Å². The molecule has 1 nitrogen and oxygen atoms in total. The maximum absolute atomic E-state index is 6.30. The smallest absolute Gasteiger partial charge is 0.135 e. The molecule has 0 spiro atoms. The molecule has 128 valence electrons. The Hall–Kier alpha value is -2.80. The molecule has 0 saturated carbocycles. The van der Waals surface area contributed by atoms with Crippen molar-refractivity contribution in [1.82, 2.24) is 0 Å². The van der Waals surface area contributed by atoms with Gasteiger partial charge in [0.2, 0.25) is 0 Å². The minimum atomic E-state index is 0.534. The van der Waals surface area contributed by atoms with Gasteiger partial charge in [0, 0.05) is 16.5 Å². The molecule has 4 aromatic rings. The number of hydrogen-bond acceptors (Lipinski definition) is 1. The van der Waals surface area contributed by atoms with Crippen LogP contribution in [-0.4, -0.2) is 0 Å². The highest BCUT2D eigenvalue weighted by Crippen LogP contribution is 2.44. The summed E-state index contributed by atoms with van der Waals surface area (Å²) in [6.45, 7) is 7.24. The molecule has 0 N–H and O–H groups in total. The number of hydrogen-bond donors (Lipinski definition) is 0. The highest BCUT2D eigenvalue weighted by atomic mass is 16.5. The minimum Gasteiger partial charge on any atom is -0.488 e. The average Bonchev–Trinajstić information content (AvgIpc) is 2.66. The highest BCUT2D eigenvalue weighted by Gasteiger charge is 2.21. The van der Waals surface area contributed by atoms with E-state index in [1.165, 1.54) is 49.4 Å². The number of ether oxygens (including phenoxy) is 1. The second kappa shape index (κ2) is 5.60. The fraction of sp³-hybridized carbons (Fsp3) is 0.200. The van der Waals surface area contributed by atoms with Gasteiger partial charge in [0.1, 0.15) is 12.4 Å². The van der Waals surface area contributed by atoms with Crippen LogP contribution < -0.4 is 4.74 Å². The maximum Gasteiger partial charge on any atom is 0.135 e. The van der Waals surface area contributed by atoms with E-state index >= 15 is 0 Å². The molecule has 0 bridgehead atoms. The summed E-state index contributed by atoms with van der Waals surface area (Å²) in [5.41, 5.74) is 6.47. The van der Waals surface area contributed by atoms with Crippen molar-refractivity contribution in [3.63, 3.8) is 0 Å². The van der Waals surface area contributed by atoms with Crippen LogP contribution in [0.4, 0.5) is 0 Å². The van der Waals surface area contributed by atoms with Gasteiger partial charge >= 0.3 is 0 Å². The van der Waals surface area contributed by atoms with Gasteiger partial charge in [-0.3, -0.25) is 0 Å². The molecule has 4 aromatic carbocycles. The van der Waals surface area contributed by atoms with Crippen LogP contribution in [0.15, 0.2) is 60.7 Å². The first kappa shape index (κ1) is 15.5. The molecule has 0 unspecified atom stereocenters. The van der Waals surface area contributed by atoms with E-state index < -0.39 is 0 Å². The van der Waals surface area contributed by atoms with Gasteiger partial charge < -0.3 is 4.74 Å². The van der Waals surface area contributed by atoms with Gasteiger partial charge in [0.25, 0.3) is 0 Å². The highest BCUT2D eigenvalue weighted by molar-refractivity contribution is 6.00. The first-order chi connectivity index (χ1) is 12.6. The van der Waals surface area contributed by atoms with Gasteiger partial charge in [-0.1, -0.05) is 80.1 Å². The van der Waals surface area contributed by atoms with Crippen LogP contribution in [0.1, 0.15) is 36.5 Å². The molecule has 0 radical (unpaired) electrons. The Kier molecular flexibility index (Phi) is 3.33. The molecule has 1 aliphatic rings. The molecule has 0 atom stereocenters. The number of fused-ring (bicyclic) bond motifs is 7. The van der Waals surface area contributed by atoms with Gasteiger partial charge in [0.05, 0.1) is 0 Å². The summed E-state index contributed by atoms with van der Waals surface area (Å²) in [5.74, 6) is 1.56. The predicted octanol–water partition coefficient (Wildman–Crippen LogP) is 6.98. The van der Waals surface area contributed by atoms with Crippen LogP contribution in [0.5, 0.6) is 5.75 Å². The summed E-state index contributed by atoms with van der Waals surface area (Å²) in [7, 11) is 0. The molecule has 0 saturated heterocycles. The van der Waals surface area contributed by atoms with Crippen molar-refractivity contribution < 1.29 is 4.74 Å². The van der Waals surface area contributed by atoms with Crippen molar-refractivity contribution in [3.05, 3.63) is 77.4 Å². The monoisotopic (exact) mass is 338 g/mol. The Morgan fingerprint density at radius 1 is 0.769 bits per heavy atom. The first-order valence-electron chi connectivity index (χ1n) is 9.34. The van der Waals surface area contributed by atoms with E-state index in [2.05, 4.69) is 81.4 Å². The molecule has 1 aliphatic heterocycles. The summed E-state index contributed by atoms with van der Waals surface area (Å²) in [5, 5.41) is 5.06. The summed E-state index contributed by atoms with van der Waals surface area (Å²) in [6, 6.07) is 22.4. The molecule has 1 heteroatoms. The first-order valence-corrected chi connectivity index (χ1v) is 9.34. The summed E-state index contributed by atoms with van der Waals surface area (Å²) < 4.78 is 6.30. The zero-order valence-electron chi connectivity index (χ0n) is 15.5. The van der Waals surface area contributed by atoms with Crippen molar-refractivity contribution in [2.24, 2.45) is 0 Å². The summed E-state index contributed by atoms with van der Waals surface area (Å²) >= 11 is 0. The van der Waals surface area contributed by atoms with Crippen LogP contribution in [0.25, 0.3) is 32.7 Å². The lowest BCUT2D eigenvalue weighted by Gasteiger charge is -2.24. The second-order valence-electron chi connectivity index (χ2n) is 7.68. The standard InChI is InChI=1S/C25H22O/c1-15(2)17-5-9-21-19(13-17)7-11-23-22-10-6-18-12-16(3)4-8-20(18)24(22)14-26-25(21)23/h4-13,15H,14H2,1-3H3. The van der Waals surface area contributed by atoms with E-state index in [0.29, 0.717) is 12.5 Å². The zero-order valence-corrected chi connectivity index (χ0v) is 15.5. The molecular formula is C25H22O. The van der Waals surface area contributed by atoms with Crippen molar-refractivity contribution in [3.8, 4) is 16.9 Å². The SMILES string of the molecule is Cc1ccc2c3c(ccc2c1)-c1ccc2cc(C(C)C)ccc2c1OC3. The van der Waals surface area contributed by atoms with Gasteiger partial charge in [-0.15, -0.1) is 0 Å².